The van der Waals surface area contributed by atoms with Crippen LogP contribution in [0.1, 0.15) is 32.1 Å². The molecule has 1 aliphatic carbocycles. The second-order valence-electron chi connectivity index (χ2n) is 7.52. The largest absolute Gasteiger partial charge is 0.368 e. The summed E-state index contributed by atoms with van der Waals surface area (Å²) in [6, 6.07) is 0. The maximum atomic E-state index is 12.7. The quantitative estimate of drug-likeness (QED) is 0.791. The fourth-order valence-electron chi connectivity index (χ4n) is 4.52. The lowest BCUT2D eigenvalue weighted by Gasteiger charge is -2.36. The minimum absolute atomic E-state index is 0.121. The number of carbonyl (C=O) groups excluding carboxylic acids is 2. The molecule has 2 atom stereocenters. The number of nitrogens with one attached hydrogen (secondary N) is 1. The van der Waals surface area contributed by atoms with Gasteiger partial charge in [0, 0.05) is 38.7 Å². The summed E-state index contributed by atoms with van der Waals surface area (Å²) in [6.07, 6.45) is 4.94. The summed E-state index contributed by atoms with van der Waals surface area (Å²) in [6.45, 7) is 5.48. The molecule has 4 fully saturated rings. The monoisotopic (exact) mass is 321 g/mol. The Balaban J connectivity index is 1.28. The first-order chi connectivity index (χ1) is 11.2. The van der Waals surface area contributed by atoms with Crippen molar-refractivity contribution < 1.29 is 14.3 Å². The maximum Gasteiger partial charge on any atom is 0.251 e. The normalized spacial score (nSPS) is 33.0. The predicted octanol–water partition coefficient (Wildman–Crippen LogP) is 0.226. The molecule has 2 unspecified atom stereocenters. The summed E-state index contributed by atoms with van der Waals surface area (Å²) in [4.78, 5) is 29.0. The summed E-state index contributed by atoms with van der Waals surface area (Å²) < 4.78 is 5.49. The van der Waals surface area contributed by atoms with E-state index in [1.54, 1.807) is 0 Å². The Hall–Kier alpha value is -1.14. The van der Waals surface area contributed by atoms with Gasteiger partial charge in [-0.2, -0.15) is 0 Å². The number of ether oxygens (including phenoxy) is 1. The Bertz CT molecular complexity index is 475. The number of hydrogen-bond acceptors (Lipinski definition) is 4. The van der Waals surface area contributed by atoms with Gasteiger partial charge < -0.3 is 19.9 Å². The Morgan fingerprint density at radius 3 is 2.26 bits per heavy atom. The second kappa shape index (κ2) is 6.06. The van der Waals surface area contributed by atoms with Gasteiger partial charge in [0.15, 0.2) is 0 Å². The van der Waals surface area contributed by atoms with Gasteiger partial charge in [0.1, 0.15) is 6.10 Å². The van der Waals surface area contributed by atoms with Crippen LogP contribution in [-0.2, 0) is 14.3 Å². The van der Waals surface area contributed by atoms with Crippen molar-refractivity contribution in [3.8, 4) is 0 Å². The van der Waals surface area contributed by atoms with Crippen LogP contribution in [0.4, 0.5) is 0 Å². The first kappa shape index (κ1) is 15.4. The predicted molar refractivity (Wildman–Crippen MR) is 84.8 cm³/mol. The van der Waals surface area contributed by atoms with Gasteiger partial charge in [0.2, 0.25) is 5.91 Å². The van der Waals surface area contributed by atoms with E-state index >= 15 is 0 Å². The van der Waals surface area contributed by atoms with E-state index < -0.39 is 0 Å². The maximum absolute atomic E-state index is 12.7. The molecule has 4 rings (SSSR count). The molecule has 23 heavy (non-hydrogen) atoms. The second-order valence-corrected chi connectivity index (χ2v) is 7.52. The lowest BCUT2D eigenvalue weighted by Crippen LogP contribution is -2.53. The molecule has 1 saturated carbocycles. The molecular formula is C17H27N3O3. The molecule has 3 heterocycles. The summed E-state index contributed by atoms with van der Waals surface area (Å²) in [5.41, 5.74) is 0.299. The Morgan fingerprint density at radius 1 is 1.00 bits per heavy atom. The van der Waals surface area contributed by atoms with E-state index in [0.29, 0.717) is 44.1 Å². The van der Waals surface area contributed by atoms with Gasteiger partial charge in [-0.05, 0) is 50.6 Å². The van der Waals surface area contributed by atoms with Crippen LogP contribution in [0.3, 0.4) is 0 Å². The molecule has 4 aliphatic rings. The molecule has 2 amide bonds. The smallest absolute Gasteiger partial charge is 0.251 e. The number of piperidine rings is 1. The van der Waals surface area contributed by atoms with Gasteiger partial charge in [0.25, 0.3) is 5.91 Å². The number of rotatable bonds is 2. The van der Waals surface area contributed by atoms with Crippen LogP contribution >= 0.6 is 0 Å². The van der Waals surface area contributed by atoms with E-state index in [-0.39, 0.29) is 17.9 Å². The van der Waals surface area contributed by atoms with Crippen LogP contribution in [0.15, 0.2) is 0 Å². The lowest BCUT2D eigenvalue weighted by molar-refractivity contribution is -0.146. The van der Waals surface area contributed by atoms with Gasteiger partial charge in [-0.15, -0.1) is 0 Å². The minimum Gasteiger partial charge on any atom is -0.368 e. The van der Waals surface area contributed by atoms with E-state index in [0.717, 1.165) is 45.2 Å². The summed E-state index contributed by atoms with van der Waals surface area (Å²) in [5, 5.41) is 3.38. The van der Waals surface area contributed by atoms with Crippen LogP contribution in [0.5, 0.6) is 0 Å². The van der Waals surface area contributed by atoms with Crippen molar-refractivity contribution in [2.45, 2.75) is 38.2 Å². The molecular weight excluding hydrogens is 294 g/mol. The number of piperazine rings is 1. The zero-order valence-electron chi connectivity index (χ0n) is 13.8. The van der Waals surface area contributed by atoms with Crippen molar-refractivity contribution in [3.05, 3.63) is 0 Å². The third-order valence-corrected chi connectivity index (χ3v) is 6.20. The van der Waals surface area contributed by atoms with E-state index in [4.69, 9.17) is 4.74 Å². The molecule has 0 radical (unpaired) electrons. The number of carbonyl (C=O) groups is 2. The standard InChI is InChI=1S/C17H27N3O3/c21-15(13-12-17(13)3-5-18-6-4-17)19-7-9-20(10-8-19)16(22)14-2-1-11-23-14/h13-14,18H,1-12H2. The van der Waals surface area contributed by atoms with Crippen molar-refractivity contribution in [1.82, 2.24) is 15.1 Å². The molecule has 128 valence electrons. The first-order valence-corrected chi connectivity index (χ1v) is 9.10. The van der Waals surface area contributed by atoms with Crippen LogP contribution < -0.4 is 5.32 Å². The zero-order chi connectivity index (χ0) is 15.9. The van der Waals surface area contributed by atoms with Gasteiger partial charge in [0.05, 0.1) is 0 Å². The highest BCUT2D eigenvalue weighted by Crippen LogP contribution is 2.59. The average Bonchev–Trinajstić information content (AvgIpc) is 3.02. The van der Waals surface area contributed by atoms with Crippen molar-refractivity contribution in [3.63, 3.8) is 0 Å². The number of nitrogens with zero attached hydrogens (tertiary/aromatic N) is 2. The third-order valence-electron chi connectivity index (χ3n) is 6.20. The van der Waals surface area contributed by atoms with Crippen LogP contribution in [0.2, 0.25) is 0 Å². The van der Waals surface area contributed by atoms with Gasteiger partial charge in [-0.1, -0.05) is 0 Å². The highest BCUT2D eigenvalue weighted by atomic mass is 16.5. The Morgan fingerprint density at radius 2 is 1.65 bits per heavy atom. The van der Waals surface area contributed by atoms with E-state index in [1.165, 1.54) is 0 Å². The van der Waals surface area contributed by atoms with Crippen LogP contribution in [-0.4, -0.2) is 73.6 Å². The van der Waals surface area contributed by atoms with E-state index in [2.05, 4.69) is 5.32 Å². The highest BCUT2D eigenvalue weighted by molar-refractivity contribution is 5.84. The van der Waals surface area contributed by atoms with Gasteiger partial charge in [-0.3, -0.25) is 9.59 Å². The average molecular weight is 321 g/mol. The van der Waals surface area contributed by atoms with Crippen molar-refractivity contribution in [2.75, 3.05) is 45.9 Å². The molecule has 1 N–H and O–H groups in total. The van der Waals surface area contributed by atoms with Gasteiger partial charge in [-0.25, -0.2) is 0 Å². The third kappa shape index (κ3) is 2.87. The minimum atomic E-state index is -0.237. The summed E-state index contributed by atoms with van der Waals surface area (Å²) >= 11 is 0. The fourth-order valence-corrected chi connectivity index (χ4v) is 4.52. The van der Waals surface area contributed by atoms with Crippen molar-refractivity contribution >= 4 is 11.8 Å². The van der Waals surface area contributed by atoms with Crippen molar-refractivity contribution in [2.24, 2.45) is 11.3 Å². The summed E-state index contributed by atoms with van der Waals surface area (Å²) in [5.74, 6) is 0.692. The lowest BCUT2D eigenvalue weighted by atomic mass is 9.91. The Labute approximate surface area is 137 Å². The van der Waals surface area contributed by atoms with Crippen molar-refractivity contribution in [1.29, 1.82) is 0 Å². The topological polar surface area (TPSA) is 61.9 Å². The molecule has 0 aromatic heterocycles. The fraction of sp³-hybridized carbons (Fsp3) is 0.882. The van der Waals surface area contributed by atoms with E-state index in [9.17, 15) is 9.59 Å². The molecule has 6 heteroatoms. The molecule has 3 aliphatic heterocycles. The molecule has 0 aromatic rings. The van der Waals surface area contributed by atoms with E-state index in [1.807, 2.05) is 9.80 Å². The molecule has 6 nitrogen and oxygen atoms in total. The van der Waals surface area contributed by atoms with Crippen LogP contribution in [0, 0.1) is 11.3 Å². The van der Waals surface area contributed by atoms with Crippen LogP contribution in [0.25, 0.3) is 0 Å². The summed E-state index contributed by atoms with van der Waals surface area (Å²) in [7, 11) is 0. The number of hydrogen-bond donors (Lipinski definition) is 1. The zero-order valence-corrected chi connectivity index (χ0v) is 13.8. The molecule has 3 saturated heterocycles. The molecule has 1 spiro atoms. The molecule has 0 bridgehead atoms. The highest BCUT2D eigenvalue weighted by Gasteiger charge is 2.58. The first-order valence-electron chi connectivity index (χ1n) is 9.10. The molecule has 0 aromatic carbocycles. The Kier molecular flexibility index (Phi) is 4.05. The SMILES string of the molecule is O=C(C1CCCO1)N1CCN(C(=O)C2CC23CCNCC3)CC1. The van der Waals surface area contributed by atoms with Gasteiger partial charge >= 0.3 is 0 Å². The number of amides is 2.